The molecule has 0 unspecified atom stereocenters. The van der Waals surface area contributed by atoms with Gasteiger partial charge in [-0.15, -0.1) is 0 Å². The Hall–Kier alpha value is -0.990. The summed E-state index contributed by atoms with van der Waals surface area (Å²) in [6, 6.07) is 0. The smallest absolute Gasteiger partial charge is 0.301 e. The number of hydrogen-bond donors (Lipinski definition) is 0. The van der Waals surface area contributed by atoms with Gasteiger partial charge in [-0.3, -0.25) is 0 Å². The van der Waals surface area contributed by atoms with E-state index in [4.69, 9.17) is 5.39 Å². The van der Waals surface area contributed by atoms with Gasteiger partial charge in [0.1, 0.15) is 0 Å². The summed E-state index contributed by atoms with van der Waals surface area (Å²) in [6.07, 6.45) is 0.970. The molecule has 0 spiro atoms. The van der Waals surface area contributed by atoms with Crippen LogP contribution in [0.25, 0.3) is 4.98 Å². The number of likely N-dealkylation sites (N-methyl/N-ethyl adjacent to an activating group) is 1. The van der Waals surface area contributed by atoms with Gasteiger partial charge >= 0.3 is 5.13 Å². The largest absolute Gasteiger partial charge is 0.523 e. The van der Waals surface area contributed by atoms with E-state index in [-0.39, 0.29) is 0 Å². The van der Waals surface area contributed by atoms with Crippen LogP contribution < -0.4 is 0 Å². The van der Waals surface area contributed by atoms with E-state index in [1.165, 1.54) is 16.2 Å². The standard InChI is InChI=1S/C7H9N4S/c1-11-3-2-5-6(4-11)12-7(9-5)10-8/h2-4H2,1H3/q+1. The van der Waals surface area contributed by atoms with Crippen molar-refractivity contribution in [2.45, 2.75) is 13.0 Å². The van der Waals surface area contributed by atoms with E-state index >= 15 is 0 Å². The number of fused-ring (bicyclic) bond motifs is 1. The Balaban J connectivity index is 2.36. The Morgan fingerprint density at radius 2 is 2.50 bits per heavy atom. The van der Waals surface area contributed by atoms with Crippen molar-refractivity contribution in [2.75, 3.05) is 13.6 Å². The summed E-state index contributed by atoms with van der Waals surface area (Å²) in [4.78, 5) is 10.7. The van der Waals surface area contributed by atoms with E-state index < -0.39 is 0 Å². The van der Waals surface area contributed by atoms with E-state index in [1.807, 2.05) is 0 Å². The van der Waals surface area contributed by atoms with Gasteiger partial charge in [-0.2, -0.15) is 0 Å². The maximum absolute atomic E-state index is 8.51. The van der Waals surface area contributed by atoms with Crippen LogP contribution in [-0.4, -0.2) is 23.5 Å². The van der Waals surface area contributed by atoms with Crippen LogP contribution in [0.2, 0.25) is 0 Å². The average molecular weight is 181 g/mol. The Kier molecular flexibility index (Phi) is 1.79. The molecule has 0 aromatic carbocycles. The minimum absolute atomic E-state index is 0.482. The van der Waals surface area contributed by atoms with Crippen molar-refractivity contribution in [2.24, 2.45) is 0 Å². The van der Waals surface area contributed by atoms with E-state index in [0.29, 0.717) is 5.13 Å². The van der Waals surface area contributed by atoms with Crippen LogP contribution >= 0.6 is 11.3 Å². The fourth-order valence-corrected chi connectivity index (χ4v) is 2.32. The third-order valence-corrected chi connectivity index (χ3v) is 2.96. The van der Waals surface area contributed by atoms with Crippen molar-refractivity contribution >= 4 is 16.5 Å². The molecule has 0 fully saturated rings. The van der Waals surface area contributed by atoms with Gasteiger partial charge in [0, 0.05) is 24.5 Å². The first kappa shape index (κ1) is 7.65. The lowest BCUT2D eigenvalue weighted by atomic mass is 10.2. The van der Waals surface area contributed by atoms with Crippen molar-refractivity contribution in [3.05, 3.63) is 15.5 Å². The molecule has 2 rings (SSSR count). The van der Waals surface area contributed by atoms with Crippen molar-refractivity contribution in [1.29, 1.82) is 5.39 Å². The topological polar surface area (TPSA) is 44.3 Å². The van der Waals surface area contributed by atoms with E-state index in [9.17, 15) is 0 Å². The number of aromatic nitrogens is 1. The van der Waals surface area contributed by atoms with Gasteiger partial charge in [-0.25, -0.2) is 0 Å². The Morgan fingerprint density at radius 1 is 1.67 bits per heavy atom. The quantitative estimate of drug-likeness (QED) is 0.571. The zero-order valence-electron chi connectivity index (χ0n) is 6.82. The lowest BCUT2D eigenvalue weighted by molar-refractivity contribution is 0.315. The van der Waals surface area contributed by atoms with Gasteiger partial charge in [-0.1, -0.05) is 0 Å². The first-order valence-corrected chi connectivity index (χ1v) is 4.63. The van der Waals surface area contributed by atoms with Gasteiger partial charge in [0.2, 0.25) is 0 Å². The molecule has 62 valence electrons. The fraction of sp³-hybridized carbons (Fsp3) is 0.571. The number of thiazole rings is 1. The second-order valence-electron chi connectivity index (χ2n) is 2.95. The molecule has 2 heterocycles. The SMILES string of the molecule is CN1CCc2nc([N+]#N)sc2C1. The molecule has 0 saturated heterocycles. The zero-order chi connectivity index (χ0) is 8.55. The molecule has 0 atom stereocenters. The highest BCUT2D eigenvalue weighted by Gasteiger charge is 2.25. The summed E-state index contributed by atoms with van der Waals surface area (Å²) in [5, 5.41) is 8.99. The summed E-state index contributed by atoms with van der Waals surface area (Å²) in [7, 11) is 2.08. The Morgan fingerprint density at radius 3 is 3.25 bits per heavy atom. The van der Waals surface area contributed by atoms with Crippen molar-refractivity contribution < 1.29 is 0 Å². The molecule has 1 aliphatic rings. The van der Waals surface area contributed by atoms with Crippen molar-refractivity contribution in [3.63, 3.8) is 0 Å². The van der Waals surface area contributed by atoms with Gasteiger partial charge < -0.3 is 4.90 Å². The summed E-state index contributed by atoms with van der Waals surface area (Å²) >= 11 is 1.47. The summed E-state index contributed by atoms with van der Waals surface area (Å²) in [6.45, 7) is 1.98. The predicted octanol–water partition coefficient (Wildman–Crippen LogP) is 1.62. The second kappa shape index (κ2) is 2.81. The number of hydrogen-bond acceptors (Lipinski definition) is 4. The van der Waals surface area contributed by atoms with Crippen LogP contribution in [-0.2, 0) is 13.0 Å². The maximum Gasteiger partial charge on any atom is 0.523 e. The van der Waals surface area contributed by atoms with Crippen LogP contribution in [0.15, 0.2) is 0 Å². The van der Waals surface area contributed by atoms with E-state index in [0.717, 1.165) is 25.2 Å². The maximum atomic E-state index is 8.51. The zero-order valence-corrected chi connectivity index (χ0v) is 7.63. The second-order valence-corrected chi connectivity index (χ2v) is 4.02. The van der Waals surface area contributed by atoms with Crippen LogP contribution in [0.5, 0.6) is 0 Å². The highest BCUT2D eigenvalue weighted by molar-refractivity contribution is 7.15. The highest BCUT2D eigenvalue weighted by Crippen LogP contribution is 2.29. The van der Waals surface area contributed by atoms with Crippen LogP contribution in [0, 0.1) is 5.39 Å². The van der Waals surface area contributed by atoms with Gasteiger partial charge in [0.25, 0.3) is 0 Å². The average Bonchev–Trinajstić information content (AvgIpc) is 2.46. The molecule has 0 saturated carbocycles. The predicted molar refractivity (Wildman–Crippen MR) is 46.9 cm³/mol. The number of nitrogens with zero attached hydrogens (tertiary/aromatic N) is 4. The third kappa shape index (κ3) is 1.19. The fourth-order valence-electron chi connectivity index (χ4n) is 1.35. The molecule has 4 nitrogen and oxygen atoms in total. The number of diazo groups is 1. The first-order valence-electron chi connectivity index (χ1n) is 3.82. The lowest BCUT2D eigenvalue weighted by Crippen LogP contribution is -2.25. The molecule has 0 amide bonds. The Bertz CT molecular complexity index is 338. The lowest BCUT2D eigenvalue weighted by Gasteiger charge is -2.18. The van der Waals surface area contributed by atoms with Crippen LogP contribution in [0.1, 0.15) is 10.6 Å². The van der Waals surface area contributed by atoms with Crippen molar-refractivity contribution in [1.82, 2.24) is 9.88 Å². The Labute approximate surface area is 74.5 Å². The molecule has 1 aromatic rings. The molecule has 5 heteroatoms. The first-order chi connectivity index (χ1) is 5.79. The van der Waals surface area contributed by atoms with Gasteiger partial charge in [0.15, 0.2) is 5.69 Å². The minimum Gasteiger partial charge on any atom is -0.301 e. The molecule has 0 bridgehead atoms. The minimum atomic E-state index is 0.482. The summed E-state index contributed by atoms with van der Waals surface area (Å²) < 4.78 is 0. The molecule has 0 aliphatic carbocycles. The molecular weight excluding hydrogens is 172 g/mol. The van der Waals surface area contributed by atoms with Gasteiger partial charge in [0.05, 0.1) is 10.3 Å². The van der Waals surface area contributed by atoms with E-state index in [1.54, 1.807) is 0 Å². The molecule has 0 radical (unpaired) electrons. The molecule has 0 N–H and O–H groups in total. The van der Waals surface area contributed by atoms with Crippen LogP contribution in [0.4, 0.5) is 5.13 Å². The monoisotopic (exact) mass is 181 g/mol. The highest BCUT2D eigenvalue weighted by atomic mass is 32.1. The molecule has 1 aliphatic heterocycles. The summed E-state index contributed by atoms with van der Waals surface area (Å²) in [5.74, 6) is 0. The molecular formula is C7H9N4S+. The summed E-state index contributed by atoms with van der Waals surface area (Å²) in [5.41, 5.74) is 1.10. The normalized spacial score (nSPS) is 17.0. The third-order valence-electron chi connectivity index (χ3n) is 2.00. The molecule has 1 aromatic heterocycles. The molecule has 12 heavy (non-hydrogen) atoms. The van der Waals surface area contributed by atoms with E-state index in [2.05, 4.69) is 21.9 Å². The van der Waals surface area contributed by atoms with Crippen LogP contribution in [0.3, 0.4) is 0 Å². The van der Waals surface area contributed by atoms with Gasteiger partial charge in [-0.05, 0) is 23.4 Å². The van der Waals surface area contributed by atoms with Crippen molar-refractivity contribution in [3.8, 4) is 0 Å². The number of rotatable bonds is 0.